The van der Waals surface area contributed by atoms with Gasteiger partial charge in [0, 0.05) is 18.8 Å². The first-order valence-corrected chi connectivity index (χ1v) is 7.69. The predicted molar refractivity (Wildman–Crippen MR) is 89.1 cm³/mol. The molecule has 5 nitrogen and oxygen atoms in total. The van der Waals surface area contributed by atoms with E-state index in [9.17, 15) is 9.59 Å². The van der Waals surface area contributed by atoms with Crippen LogP contribution >= 0.6 is 0 Å². The number of carbonyl (C=O) groups is 2. The fourth-order valence-corrected chi connectivity index (χ4v) is 2.73. The largest absolute Gasteiger partial charge is 0.338 e. The molecule has 0 spiro atoms. The molecule has 5 heteroatoms. The molecule has 2 aromatic carbocycles. The number of fused-ring (bicyclic) bond motifs is 1. The first-order chi connectivity index (χ1) is 11.2. The monoisotopic (exact) mass is 309 g/mol. The molecule has 3 rings (SSSR count). The highest BCUT2D eigenvalue weighted by atomic mass is 16.2. The molecule has 3 amide bonds. The Kier molecular flexibility index (Phi) is 4.57. The number of rotatable bonds is 5. The van der Waals surface area contributed by atoms with E-state index in [1.807, 2.05) is 54.6 Å². The van der Waals surface area contributed by atoms with Gasteiger partial charge < -0.3 is 16.0 Å². The van der Waals surface area contributed by atoms with Gasteiger partial charge in [0.1, 0.15) is 0 Å². The van der Waals surface area contributed by atoms with Crippen LogP contribution in [0.15, 0.2) is 54.6 Å². The molecule has 1 atom stereocenters. The summed E-state index contributed by atoms with van der Waals surface area (Å²) in [5, 5.41) is 8.47. The second-order valence-electron chi connectivity index (χ2n) is 5.51. The van der Waals surface area contributed by atoms with Crippen LogP contribution in [0, 0.1) is 0 Å². The van der Waals surface area contributed by atoms with E-state index in [2.05, 4.69) is 16.0 Å². The minimum Gasteiger partial charge on any atom is -0.338 e. The van der Waals surface area contributed by atoms with Gasteiger partial charge in [-0.05, 0) is 23.6 Å². The lowest BCUT2D eigenvalue weighted by molar-refractivity contribution is -0.117. The Morgan fingerprint density at radius 2 is 1.74 bits per heavy atom. The maximum atomic E-state index is 12.0. The van der Waals surface area contributed by atoms with E-state index in [0.29, 0.717) is 19.5 Å². The zero-order valence-electron chi connectivity index (χ0n) is 12.7. The van der Waals surface area contributed by atoms with E-state index >= 15 is 0 Å². The molecule has 118 valence electrons. The smallest absolute Gasteiger partial charge is 0.315 e. The molecule has 0 saturated heterocycles. The molecule has 0 fully saturated rings. The van der Waals surface area contributed by atoms with Crippen molar-refractivity contribution in [1.82, 2.24) is 10.6 Å². The molecule has 0 bridgehead atoms. The van der Waals surface area contributed by atoms with Crippen molar-refractivity contribution in [3.63, 3.8) is 0 Å². The van der Waals surface area contributed by atoms with Crippen LogP contribution in [-0.4, -0.2) is 18.5 Å². The molecular formula is C18H19N3O2. The Balaban J connectivity index is 1.44. The molecule has 0 radical (unpaired) electrons. The average Bonchev–Trinajstić information content (AvgIpc) is 2.90. The first kappa shape index (κ1) is 15.1. The quantitative estimate of drug-likeness (QED) is 0.794. The van der Waals surface area contributed by atoms with Crippen molar-refractivity contribution in [2.24, 2.45) is 0 Å². The van der Waals surface area contributed by atoms with Crippen molar-refractivity contribution in [3.05, 3.63) is 65.7 Å². The molecule has 1 aliphatic rings. The Morgan fingerprint density at radius 3 is 2.57 bits per heavy atom. The summed E-state index contributed by atoms with van der Waals surface area (Å²) < 4.78 is 0. The number of urea groups is 1. The molecule has 1 unspecified atom stereocenters. The summed E-state index contributed by atoms with van der Waals surface area (Å²) in [5.41, 5.74) is 2.92. The van der Waals surface area contributed by atoms with Gasteiger partial charge in [0.2, 0.25) is 5.91 Å². The van der Waals surface area contributed by atoms with Crippen LogP contribution in [0.2, 0.25) is 0 Å². The minimum absolute atomic E-state index is 0.00214. The van der Waals surface area contributed by atoms with Gasteiger partial charge in [0.25, 0.3) is 0 Å². The summed E-state index contributed by atoms with van der Waals surface area (Å²) in [5.74, 6) is -0.196. The Bertz CT molecular complexity index is 700. The second-order valence-corrected chi connectivity index (χ2v) is 5.51. The summed E-state index contributed by atoms with van der Waals surface area (Å²) in [4.78, 5) is 23.8. The lowest BCUT2D eigenvalue weighted by atomic mass is 9.97. The van der Waals surface area contributed by atoms with Crippen molar-refractivity contribution in [1.29, 1.82) is 0 Å². The van der Waals surface area contributed by atoms with Gasteiger partial charge in [-0.15, -0.1) is 0 Å². The number of amides is 3. The van der Waals surface area contributed by atoms with E-state index in [1.54, 1.807) is 0 Å². The molecule has 2 aromatic rings. The van der Waals surface area contributed by atoms with Crippen LogP contribution in [0.4, 0.5) is 10.5 Å². The Labute approximate surface area is 135 Å². The van der Waals surface area contributed by atoms with Crippen molar-refractivity contribution in [2.75, 3.05) is 11.9 Å². The van der Waals surface area contributed by atoms with Gasteiger partial charge in [0.05, 0.1) is 5.92 Å². The third-order valence-corrected chi connectivity index (χ3v) is 3.93. The number of para-hydroxylation sites is 1. The molecule has 3 N–H and O–H groups in total. The van der Waals surface area contributed by atoms with Crippen LogP contribution in [0.1, 0.15) is 23.5 Å². The van der Waals surface area contributed by atoms with Crippen LogP contribution < -0.4 is 16.0 Å². The summed E-state index contributed by atoms with van der Waals surface area (Å²) in [6.45, 7) is 0.937. The van der Waals surface area contributed by atoms with E-state index < -0.39 is 0 Å². The highest BCUT2D eigenvalue weighted by Crippen LogP contribution is 2.33. The first-order valence-electron chi connectivity index (χ1n) is 7.69. The van der Waals surface area contributed by atoms with Crippen molar-refractivity contribution in [2.45, 2.75) is 18.9 Å². The van der Waals surface area contributed by atoms with Crippen LogP contribution in [-0.2, 0) is 11.3 Å². The van der Waals surface area contributed by atoms with Gasteiger partial charge in [-0.25, -0.2) is 4.79 Å². The predicted octanol–water partition coefficient (Wildman–Crippen LogP) is 2.61. The highest BCUT2D eigenvalue weighted by molar-refractivity contribution is 6.02. The molecule has 23 heavy (non-hydrogen) atoms. The van der Waals surface area contributed by atoms with E-state index in [-0.39, 0.29) is 17.9 Å². The maximum Gasteiger partial charge on any atom is 0.315 e. The number of carbonyl (C=O) groups excluding carboxylic acids is 2. The fraction of sp³-hybridized carbons (Fsp3) is 0.222. The van der Waals surface area contributed by atoms with Crippen molar-refractivity contribution in [3.8, 4) is 0 Å². The maximum absolute atomic E-state index is 12.0. The van der Waals surface area contributed by atoms with Gasteiger partial charge in [0.15, 0.2) is 0 Å². The Morgan fingerprint density at radius 1 is 1.00 bits per heavy atom. The third kappa shape index (κ3) is 3.69. The van der Waals surface area contributed by atoms with Crippen molar-refractivity contribution < 1.29 is 9.59 Å². The zero-order chi connectivity index (χ0) is 16.1. The number of benzene rings is 2. The fourth-order valence-electron chi connectivity index (χ4n) is 2.73. The summed E-state index contributed by atoms with van der Waals surface area (Å²) in [7, 11) is 0. The molecule has 0 aromatic heterocycles. The number of anilines is 1. The van der Waals surface area contributed by atoms with Gasteiger partial charge in [-0.2, -0.15) is 0 Å². The van der Waals surface area contributed by atoms with E-state index in [1.165, 1.54) is 0 Å². The lowest BCUT2D eigenvalue weighted by Crippen LogP contribution is -2.36. The number of hydrogen-bond acceptors (Lipinski definition) is 2. The topological polar surface area (TPSA) is 70.2 Å². The molecule has 0 aliphatic carbocycles. The minimum atomic E-state index is -0.222. The summed E-state index contributed by atoms with van der Waals surface area (Å²) in [6, 6.07) is 17.2. The lowest BCUT2D eigenvalue weighted by Gasteiger charge is -2.11. The van der Waals surface area contributed by atoms with Gasteiger partial charge in [-0.1, -0.05) is 48.5 Å². The Hall–Kier alpha value is -2.82. The summed E-state index contributed by atoms with van der Waals surface area (Å²) in [6.07, 6.45) is 0.585. The van der Waals surface area contributed by atoms with E-state index in [0.717, 1.165) is 16.8 Å². The SMILES string of the molecule is O=C(NCCC1C(=O)Nc2ccccc21)NCc1ccccc1. The number of hydrogen-bond donors (Lipinski definition) is 3. The zero-order valence-corrected chi connectivity index (χ0v) is 12.7. The average molecular weight is 309 g/mol. The molecule has 1 heterocycles. The van der Waals surface area contributed by atoms with Crippen molar-refractivity contribution >= 4 is 17.6 Å². The van der Waals surface area contributed by atoms with Gasteiger partial charge in [-0.3, -0.25) is 4.79 Å². The molecule has 1 aliphatic heterocycles. The standard InChI is InChI=1S/C18H19N3O2/c22-17-15(14-8-4-5-9-16(14)21-17)10-11-19-18(23)20-12-13-6-2-1-3-7-13/h1-9,15H,10-12H2,(H,21,22)(H2,19,20,23). The van der Waals surface area contributed by atoms with E-state index in [4.69, 9.17) is 0 Å². The highest BCUT2D eigenvalue weighted by Gasteiger charge is 2.29. The summed E-state index contributed by atoms with van der Waals surface area (Å²) >= 11 is 0. The second kappa shape index (κ2) is 6.96. The number of nitrogens with one attached hydrogen (secondary N) is 3. The third-order valence-electron chi connectivity index (χ3n) is 3.93. The van der Waals surface area contributed by atoms with Crippen LogP contribution in [0.5, 0.6) is 0 Å². The van der Waals surface area contributed by atoms with Gasteiger partial charge >= 0.3 is 6.03 Å². The molecular weight excluding hydrogens is 290 g/mol. The normalized spacial score (nSPS) is 15.7. The van der Waals surface area contributed by atoms with Crippen LogP contribution in [0.3, 0.4) is 0 Å². The molecule has 0 saturated carbocycles. The van der Waals surface area contributed by atoms with Crippen LogP contribution in [0.25, 0.3) is 0 Å².